The van der Waals surface area contributed by atoms with Gasteiger partial charge in [0.15, 0.2) is 11.5 Å². The Morgan fingerprint density at radius 2 is 1.62 bits per heavy atom. The van der Waals surface area contributed by atoms with Crippen molar-refractivity contribution in [1.29, 1.82) is 0 Å². The van der Waals surface area contributed by atoms with Gasteiger partial charge in [-0.2, -0.15) is 0 Å². The van der Waals surface area contributed by atoms with Crippen molar-refractivity contribution in [2.75, 3.05) is 19.0 Å². The van der Waals surface area contributed by atoms with Gasteiger partial charge in [-0.05, 0) is 90.1 Å². The highest BCUT2D eigenvalue weighted by Gasteiger charge is 2.35. The molecule has 3 rings (SSSR count). The van der Waals surface area contributed by atoms with Gasteiger partial charge in [0.05, 0.1) is 30.1 Å². The molecule has 0 aliphatic carbocycles. The second-order valence-electron chi connectivity index (χ2n) is 13.2. The number of fused-ring (bicyclic) bond motifs is 2. The molecule has 0 spiro atoms. The average molecular weight is 671 g/mol. The fourth-order valence-electron chi connectivity index (χ4n) is 5.01. The van der Waals surface area contributed by atoms with E-state index in [4.69, 9.17) is 18.9 Å². The van der Waals surface area contributed by atoms with Gasteiger partial charge < -0.3 is 34.5 Å². The van der Waals surface area contributed by atoms with Gasteiger partial charge in [-0.25, -0.2) is 9.59 Å². The summed E-state index contributed by atoms with van der Waals surface area (Å²) in [7, 11) is 1.36. The molecule has 2 aromatic rings. The third kappa shape index (κ3) is 10.2. The minimum atomic E-state index is -1.73. The molecule has 0 radical (unpaired) electrons. The van der Waals surface area contributed by atoms with Crippen LogP contribution < -0.4 is 20.1 Å². The van der Waals surface area contributed by atoms with Crippen LogP contribution in [0.15, 0.2) is 24.3 Å². The highest BCUT2D eigenvalue weighted by Crippen LogP contribution is 2.44. The number of anilines is 1. The van der Waals surface area contributed by atoms with Crippen molar-refractivity contribution in [1.82, 2.24) is 5.32 Å². The molecule has 0 saturated carbocycles. The number of esters is 2. The molecule has 14 heteroatoms. The van der Waals surface area contributed by atoms with Crippen molar-refractivity contribution in [3.8, 4) is 11.5 Å². The number of aliphatic carboxylic acids is 2. The molecule has 48 heavy (non-hydrogen) atoms. The van der Waals surface area contributed by atoms with E-state index >= 15 is 0 Å². The molecule has 2 aromatic carbocycles. The molecule has 14 nitrogen and oxygen atoms in total. The maximum atomic E-state index is 13.7. The summed E-state index contributed by atoms with van der Waals surface area (Å²) in [5.74, 6) is -7.59. The maximum absolute atomic E-state index is 13.7. The lowest BCUT2D eigenvalue weighted by molar-refractivity contribution is -0.154. The summed E-state index contributed by atoms with van der Waals surface area (Å²) < 4.78 is 22.5. The number of carboxylic acids is 2. The van der Waals surface area contributed by atoms with Gasteiger partial charge in [0, 0.05) is 24.7 Å². The predicted molar refractivity (Wildman–Crippen MR) is 172 cm³/mol. The van der Waals surface area contributed by atoms with Gasteiger partial charge in [-0.15, -0.1) is 0 Å². The van der Waals surface area contributed by atoms with E-state index in [1.807, 2.05) is 0 Å². The fourth-order valence-corrected chi connectivity index (χ4v) is 5.01. The average Bonchev–Trinajstić information content (AvgIpc) is 2.95. The van der Waals surface area contributed by atoms with Crippen LogP contribution in [0.1, 0.15) is 104 Å². The summed E-state index contributed by atoms with van der Waals surface area (Å²) in [6.45, 7) is 10.2. The van der Waals surface area contributed by atoms with Gasteiger partial charge >= 0.3 is 30.0 Å². The van der Waals surface area contributed by atoms with Crippen molar-refractivity contribution in [3.63, 3.8) is 0 Å². The van der Waals surface area contributed by atoms with Gasteiger partial charge in [0.2, 0.25) is 0 Å². The number of carbonyl (C=O) groups excluding carboxylic acids is 4. The van der Waals surface area contributed by atoms with Crippen molar-refractivity contribution < 1.29 is 57.9 Å². The number of amides is 2. The number of rotatable bonds is 9. The zero-order valence-corrected chi connectivity index (χ0v) is 28.1. The number of benzene rings is 2. The Kier molecular flexibility index (Phi) is 11.8. The quantitative estimate of drug-likeness (QED) is 0.209. The molecule has 4 N–H and O–H groups in total. The molecule has 1 aliphatic rings. The molecule has 1 atom stereocenters. The van der Waals surface area contributed by atoms with E-state index in [0.29, 0.717) is 17.7 Å². The fraction of sp³-hybridized carbons (Fsp3) is 0.471. The van der Waals surface area contributed by atoms with Gasteiger partial charge in [0.25, 0.3) is 5.91 Å². The Morgan fingerprint density at radius 3 is 2.21 bits per heavy atom. The van der Waals surface area contributed by atoms with Crippen LogP contribution in [0.4, 0.5) is 10.5 Å². The molecule has 1 heterocycles. The molecule has 0 aromatic heterocycles. The zero-order valence-electron chi connectivity index (χ0n) is 28.1. The number of hydrogen-bond acceptors (Lipinski definition) is 10. The minimum absolute atomic E-state index is 0.0384. The number of ether oxygens (including phenoxy) is 4. The highest BCUT2D eigenvalue weighted by molar-refractivity contribution is 6.01. The summed E-state index contributed by atoms with van der Waals surface area (Å²) >= 11 is 0. The lowest BCUT2D eigenvalue weighted by Crippen LogP contribution is -2.27. The minimum Gasteiger partial charge on any atom is -0.489 e. The first-order valence-corrected chi connectivity index (χ1v) is 15.4. The largest absolute Gasteiger partial charge is 0.489 e. The number of aryl methyl sites for hydroxylation is 2. The van der Waals surface area contributed by atoms with Crippen LogP contribution in [0.3, 0.4) is 0 Å². The van der Waals surface area contributed by atoms with E-state index in [0.717, 1.165) is 0 Å². The van der Waals surface area contributed by atoms with Crippen LogP contribution in [0, 0.1) is 0 Å². The number of carboxylic acid groups (broad SMARTS) is 2. The molecular formula is C34H42N2O12. The van der Waals surface area contributed by atoms with Gasteiger partial charge in [0.1, 0.15) is 11.2 Å². The van der Waals surface area contributed by atoms with Crippen molar-refractivity contribution >= 4 is 41.6 Å². The summed E-state index contributed by atoms with van der Waals surface area (Å²) in [6, 6.07) is 5.72. The number of carbonyl (C=O) groups is 6. The Hall–Kier alpha value is -5.14. The molecule has 0 saturated heterocycles. The third-order valence-corrected chi connectivity index (χ3v) is 6.87. The Balaban J connectivity index is 2.19. The van der Waals surface area contributed by atoms with Crippen LogP contribution in [0.5, 0.6) is 11.5 Å². The molecule has 0 fully saturated rings. The summed E-state index contributed by atoms with van der Waals surface area (Å²) in [5.41, 5.74) is -0.795. The Bertz CT molecular complexity index is 1600. The van der Waals surface area contributed by atoms with Gasteiger partial charge in [-0.1, -0.05) is 6.07 Å². The first-order chi connectivity index (χ1) is 22.3. The summed E-state index contributed by atoms with van der Waals surface area (Å²) in [5, 5.41) is 24.8. The highest BCUT2D eigenvalue weighted by atomic mass is 16.6. The second-order valence-corrected chi connectivity index (χ2v) is 13.2. The maximum Gasteiger partial charge on any atom is 0.412 e. The van der Waals surface area contributed by atoms with Crippen LogP contribution in [0.2, 0.25) is 0 Å². The van der Waals surface area contributed by atoms with E-state index in [9.17, 15) is 39.0 Å². The van der Waals surface area contributed by atoms with Crippen LogP contribution in [-0.2, 0) is 36.7 Å². The summed E-state index contributed by atoms with van der Waals surface area (Å²) in [4.78, 5) is 76.2. The normalized spacial score (nSPS) is 13.8. The first kappa shape index (κ1) is 37.3. The van der Waals surface area contributed by atoms with Crippen LogP contribution in [-0.4, -0.2) is 70.9 Å². The second kappa shape index (κ2) is 15.2. The Morgan fingerprint density at radius 1 is 0.958 bits per heavy atom. The van der Waals surface area contributed by atoms with Gasteiger partial charge in [-0.3, -0.25) is 24.5 Å². The van der Waals surface area contributed by atoms with E-state index in [1.54, 1.807) is 47.6 Å². The van der Waals surface area contributed by atoms with Crippen LogP contribution in [0.25, 0.3) is 0 Å². The van der Waals surface area contributed by atoms with Crippen LogP contribution >= 0.6 is 0 Å². The molecule has 260 valence electrons. The number of hydrogen-bond donors (Lipinski definition) is 4. The standard InChI is InChI=1S/C34H42N2O12/c1-33(2,3)47-25(39)13-10-19-16-22(23(30(41)42)17-24(37)38)27-28(26(19)29(40)35-7)45-14-8-9-18-15-20(11-12-21(18)31(43)46-27)36-32(44)48-34(4,5)6/h11-12,15-16,23H,8-10,13-14,17H2,1-7H3,(H,35,40)(H,36,44)(H,37,38)(H,41,42)/t23-/m0/s1. The SMILES string of the molecule is CNC(=O)c1c(CCC(=O)OC(C)(C)C)cc([C@H](CC(=O)O)C(=O)O)c2c1OCCCc1cc(NC(=O)OC(C)(C)C)ccc1C(=O)O2. The Labute approximate surface area is 278 Å². The van der Waals surface area contributed by atoms with Crippen molar-refractivity contribution in [3.05, 3.63) is 52.1 Å². The van der Waals surface area contributed by atoms with E-state index in [-0.39, 0.29) is 53.9 Å². The lowest BCUT2D eigenvalue weighted by Gasteiger charge is -2.25. The topological polar surface area (TPSA) is 204 Å². The molecule has 0 unspecified atom stereocenters. The van der Waals surface area contributed by atoms with Crippen molar-refractivity contribution in [2.45, 2.75) is 90.8 Å². The molecule has 1 aliphatic heterocycles. The van der Waals surface area contributed by atoms with E-state index < -0.39 is 65.2 Å². The smallest absolute Gasteiger partial charge is 0.412 e. The predicted octanol–water partition coefficient (Wildman–Crippen LogP) is 4.85. The third-order valence-electron chi connectivity index (χ3n) is 6.87. The molecular weight excluding hydrogens is 628 g/mol. The van der Waals surface area contributed by atoms with E-state index in [2.05, 4.69) is 10.6 Å². The van der Waals surface area contributed by atoms with E-state index in [1.165, 1.54) is 25.2 Å². The monoisotopic (exact) mass is 670 g/mol. The first-order valence-electron chi connectivity index (χ1n) is 15.4. The molecule has 2 amide bonds. The molecule has 0 bridgehead atoms. The zero-order chi connectivity index (χ0) is 36.0. The summed E-state index contributed by atoms with van der Waals surface area (Å²) in [6.07, 6.45) is -1.32. The van der Waals surface area contributed by atoms with Crippen molar-refractivity contribution in [2.24, 2.45) is 0 Å². The lowest BCUT2D eigenvalue weighted by atomic mass is 9.88. The number of nitrogens with one attached hydrogen (secondary N) is 2.